The molecule has 162 valence electrons. The van der Waals surface area contributed by atoms with E-state index in [-0.39, 0.29) is 23.2 Å². The Bertz CT molecular complexity index is 980. The smallest absolute Gasteiger partial charge is 0.269 e. The fourth-order valence-corrected chi connectivity index (χ4v) is 3.45. The molecule has 3 rings (SSSR count). The Hall–Kier alpha value is -3.66. The number of non-ortho nitro benzene ring substituents is 2. The quantitative estimate of drug-likeness (QED) is 0.411. The second-order valence-corrected chi connectivity index (χ2v) is 7.45. The van der Waals surface area contributed by atoms with Gasteiger partial charge in [-0.05, 0) is 56.1 Å². The predicted octanol–water partition coefficient (Wildman–Crippen LogP) is 3.26. The van der Waals surface area contributed by atoms with Crippen molar-refractivity contribution < 1.29 is 14.6 Å². The average Bonchev–Trinajstić information content (AvgIpc) is 2.78. The molecule has 31 heavy (non-hydrogen) atoms. The molecule has 0 saturated carbocycles. The molecule has 2 aromatic rings. The number of hydrogen-bond donors (Lipinski definition) is 1. The van der Waals surface area contributed by atoms with Crippen LogP contribution in [0.2, 0.25) is 0 Å². The Labute approximate surface area is 178 Å². The van der Waals surface area contributed by atoms with Crippen molar-refractivity contribution in [1.82, 2.24) is 10.3 Å². The van der Waals surface area contributed by atoms with Crippen LogP contribution in [-0.2, 0) is 11.3 Å². The van der Waals surface area contributed by atoms with E-state index in [9.17, 15) is 25.0 Å². The van der Waals surface area contributed by atoms with Crippen LogP contribution in [-0.4, -0.2) is 39.5 Å². The average molecular weight is 425 g/mol. The summed E-state index contributed by atoms with van der Waals surface area (Å²) in [5, 5.41) is 25.6. The maximum atomic E-state index is 12.5. The summed E-state index contributed by atoms with van der Waals surface area (Å²) >= 11 is 0. The summed E-state index contributed by atoms with van der Waals surface area (Å²) < 4.78 is 0. The first-order valence-corrected chi connectivity index (χ1v) is 9.88. The van der Waals surface area contributed by atoms with Crippen molar-refractivity contribution in [3.05, 3.63) is 79.9 Å². The van der Waals surface area contributed by atoms with Gasteiger partial charge in [0.25, 0.3) is 11.4 Å². The first-order chi connectivity index (χ1) is 14.8. The maximum Gasteiger partial charge on any atom is 0.269 e. The summed E-state index contributed by atoms with van der Waals surface area (Å²) in [4.78, 5) is 35.3. The second kappa shape index (κ2) is 9.90. The van der Waals surface area contributed by atoms with Gasteiger partial charge in [-0.2, -0.15) is 5.10 Å². The van der Waals surface area contributed by atoms with E-state index in [1.54, 1.807) is 31.2 Å². The van der Waals surface area contributed by atoms with E-state index in [0.29, 0.717) is 30.7 Å². The molecule has 1 amide bonds. The number of nitro groups is 2. The van der Waals surface area contributed by atoms with Crippen molar-refractivity contribution in [3.8, 4) is 0 Å². The van der Waals surface area contributed by atoms with Gasteiger partial charge in [0.05, 0.1) is 15.6 Å². The Balaban J connectivity index is 1.47. The number of benzene rings is 2. The van der Waals surface area contributed by atoms with Crippen LogP contribution in [0, 0.1) is 26.1 Å². The van der Waals surface area contributed by atoms with E-state index in [1.165, 1.54) is 24.3 Å². The lowest BCUT2D eigenvalue weighted by Gasteiger charge is -2.30. The zero-order valence-corrected chi connectivity index (χ0v) is 17.1. The van der Waals surface area contributed by atoms with Crippen molar-refractivity contribution in [1.29, 1.82) is 0 Å². The van der Waals surface area contributed by atoms with Crippen LogP contribution >= 0.6 is 0 Å². The third-order valence-electron chi connectivity index (χ3n) is 5.34. The number of nitrogens with one attached hydrogen (secondary N) is 1. The van der Waals surface area contributed by atoms with Crippen LogP contribution in [0.15, 0.2) is 53.6 Å². The van der Waals surface area contributed by atoms with Crippen LogP contribution in [0.5, 0.6) is 0 Å². The van der Waals surface area contributed by atoms with E-state index >= 15 is 0 Å². The Morgan fingerprint density at radius 2 is 1.52 bits per heavy atom. The first-order valence-electron chi connectivity index (χ1n) is 9.88. The summed E-state index contributed by atoms with van der Waals surface area (Å²) in [6.07, 6.45) is 1.40. The van der Waals surface area contributed by atoms with E-state index in [2.05, 4.69) is 15.4 Å². The highest BCUT2D eigenvalue weighted by molar-refractivity contribution is 5.99. The van der Waals surface area contributed by atoms with Gasteiger partial charge in [-0.1, -0.05) is 12.1 Å². The summed E-state index contributed by atoms with van der Waals surface area (Å²) in [6, 6.07) is 12.5. The number of carbonyl (C=O) groups excluding carboxylic acids is 1. The molecule has 0 aromatic heterocycles. The summed E-state index contributed by atoms with van der Waals surface area (Å²) in [5.74, 6) is -0.280. The van der Waals surface area contributed by atoms with E-state index in [4.69, 9.17) is 0 Å². The van der Waals surface area contributed by atoms with E-state index < -0.39 is 9.85 Å². The predicted molar refractivity (Wildman–Crippen MR) is 115 cm³/mol. The number of hydrogen-bond acceptors (Lipinski definition) is 7. The zero-order chi connectivity index (χ0) is 22.4. The SMILES string of the molecule is C/C(=N/NC(=O)C1CCN(Cc2ccc([N+](=O)[O-])cc2)CC1)c1ccc([N+](=O)[O-])cc1. The van der Waals surface area contributed by atoms with Gasteiger partial charge in [0.15, 0.2) is 0 Å². The van der Waals surface area contributed by atoms with Crippen molar-refractivity contribution in [2.24, 2.45) is 11.0 Å². The van der Waals surface area contributed by atoms with Gasteiger partial charge in [-0.3, -0.25) is 29.9 Å². The highest BCUT2D eigenvalue weighted by Crippen LogP contribution is 2.20. The third kappa shape index (κ3) is 5.92. The fourth-order valence-electron chi connectivity index (χ4n) is 3.45. The molecule has 1 N–H and O–H groups in total. The van der Waals surface area contributed by atoms with Crippen molar-refractivity contribution in [2.75, 3.05) is 13.1 Å². The van der Waals surface area contributed by atoms with Crippen molar-refractivity contribution >= 4 is 23.0 Å². The number of amides is 1. The Morgan fingerprint density at radius 3 is 2.03 bits per heavy atom. The largest absolute Gasteiger partial charge is 0.299 e. The van der Waals surface area contributed by atoms with Crippen LogP contribution < -0.4 is 5.43 Å². The minimum Gasteiger partial charge on any atom is -0.299 e. The molecule has 10 nitrogen and oxygen atoms in total. The van der Waals surface area contributed by atoms with Gasteiger partial charge in [0.1, 0.15) is 0 Å². The second-order valence-electron chi connectivity index (χ2n) is 7.45. The molecule has 1 fully saturated rings. The first kappa shape index (κ1) is 22.0. The normalized spacial score (nSPS) is 15.5. The van der Waals surface area contributed by atoms with Gasteiger partial charge in [0, 0.05) is 36.7 Å². The third-order valence-corrected chi connectivity index (χ3v) is 5.34. The van der Waals surface area contributed by atoms with Gasteiger partial charge < -0.3 is 0 Å². The minimum absolute atomic E-state index is 0.000992. The van der Waals surface area contributed by atoms with Gasteiger partial charge in [0.2, 0.25) is 5.91 Å². The summed E-state index contributed by atoms with van der Waals surface area (Å²) in [6.45, 7) is 3.91. The lowest BCUT2D eigenvalue weighted by atomic mass is 9.96. The summed E-state index contributed by atoms with van der Waals surface area (Å²) in [5.41, 5.74) is 4.94. The lowest BCUT2D eigenvalue weighted by Crippen LogP contribution is -2.39. The number of rotatable bonds is 7. The molecule has 0 aliphatic carbocycles. The monoisotopic (exact) mass is 425 g/mol. The lowest BCUT2D eigenvalue weighted by molar-refractivity contribution is -0.385. The molecule has 1 saturated heterocycles. The molecular weight excluding hydrogens is 402 g/mol. The van der Waals surface area contributed by atoms with Crippen molar-refractivity contribution in [3.63, 3.8) is 0 Å². The molecule has 10 heteroatoms. The summed E-state index contributed by atoms with van der Waals surface area (Å²) in [7, 11) is 0. The van der Waals surface area contributed by atoms with Crippen LogP contribution in [0.4, 0.5) is 11.4 Å². The number of carbonyl (C=O) groups is 1. The van der Waals surface area contributed by atoms with Crippen LogP contribution in [0.25, 0.3) is 0 Å². The Kier molecular flexibility index (Phi) is 7.03. The molecule has 0 bridgehead atoms. The molecular formula is C21H23N5O5. The highest BCUT2D eigenvalue weighted by atomic mass is 16.6. The van der Waals surface area contributed by atoms with Gasteiger partial charge in [-0.25, -0.2) is 5.43 Å². The minimum atomic E-state index is -0.466. The van der Waals surface area contributed by atoms with Crippen LogP contribution in [0.1, 0.15) is 30.9 Å². The van der Waals surface area contributed by atoms with E-state index in [1.807, 2.05) is 0 Å². The molecule has 1 aliphatic rings. The molecule has 0 atom stereocenters. The molecule has 0 radical (unpaired) electrons. The topological polar surface area (TPSA) is 131 Å². The molecule has 1 aliphatic heterocycles. The molecule has 0 unspecified atom stereocenters. The van der Waals surface area contributed by atoms with Crippen molar-refractivity contribution in [2.45, 2.75) is 26.3 Å². The Morgan fingerprint density at radius 1 is 1.00 bits per heavy atom. The molecule has 1 heterocycles. The number of likely N-dealkylation sites (tertiary alicyclic amines) is 1. The number of nitrogens with zero attached hydrogens (tertiary/aromatic N) is 4. The number of hydrazone groups is 1. The highest BCUT2D eigenvalue weighted by Gasteiger charge is 2.25. The molecule has 2 aromatic carbocycles. The van der Waals surface area contributed by atoms with Gasteiger partial charge in [-0.15, -0.1) is 0 Å². The molecule has 0 spiro atoms. The number of nitro benzene ring substituents is 2. The standard InChI is InChI=1S/C21H23N5O5/c1-15(17-4-8-20(9-5-17)26(30)31)22-23-21(27)18-10-12-24(13-11-18)14-16-2-6-19(7-3-16)25(28)29/h2-9,18H,10-14H2,1H3,(H,23,27)/b22-15-. The number of piperidine rings is 1. The zero-order valence-electron chi connectivity index (χ0n) is 17.1. The fraction of sp³-hybridized carbons (Fsp3) is 0.333. The van der Waals surface area contributed by atoms with Gasteiger partial charge >= 0.3 is 0 Å². The maximum absolute atomic E-state index is 12.5. The van der Waals surface area contributed by atoms with E-state index in [0.717, 1.165) is 18.7 Å². The van der Waals surface area contributed by atoms with Crippen LogP contribution in [0.3, 0.4) is 0 Å².